The van der Waals surface area contributed by atoms with Crippen LogP contribution in [0, 0.1) is 0 Å². The summed E-state index contributed by atoms with van der Waals surface area (Å²) in [7, 11) is 3.98. The number of aliphatic carboxylic acids is 2. The molecule has 0 saturated carbocycles. The van der Waals surface area contributed by atoms with Gasteiger partial charge in [-0.25, -0.2) is 4.79 Å². The summed E-state index contributed by atoms with van der Waals surface area (Å²) >= 11 is 0. The SMILES string of the molecule is CN(C)CCCOC(=O)OCc1cc(OCCCCCCCCCCCCCCCCCC(=O)O)ccc1OCCCCCCCCCCCCCCCCCC(=O)O. The lowest BCUT2D eigenvalue weighted by Crippen LogP contribution is -2.16. The van der Waals surface area contributed by atoms with Crippen molar-refractivity contribution in [2.75, 3.05) is 40.5 Å². The van der Waals surface area contributed by atoms with Crippen LogP contribution in [0.4, 0.5) is 4.79 Å². The minimum Gasteiger partial charge on any atom is -0.494 e. The molecule has 10 nitrogen and oxygen atoms in total. The summed E-state index contributed by atoms with van der Waals surface area (Å²) in [6, 6.07) is 5.82. The molecule has 0 aliphatic carbocycles. The molecule has 0 atom stereocenters. The van der Waals surface area contributed by atoms with E-state index in [2.05, 4.69) is 4.90 Å². The average molecular weight is 834 g/mol. The second-order valence-corrected chi connectivity index (χ2v) is 16.9. The van der Waals surface area contributed by atoms with E-state index in [1.54, 1.807) is 0 Å². The van der Waals surface area contributed by atoms with E-state index in [0.29, 0.717) is 32.7 Å². The molecule has 0 amide bonds. The number of carbonyl (C=O) groups is 3. The predicted molar refractivity (Wildman–Crippen MR) is 240 cm³/mol. The Balaban J connectivity index is 2.23. The molecule has 0 heterocycles. The Morgan fingerprint density at radius 2 is 0.831 bits per heavy atom. The van der Waals surface area contributed by atoms with E-state index in [-0.39, 0.29) is 6.61 Å². The van der Waals surface area contributed by atoms with Crippen LogP contribution in [0.3, 0.4) is 0 Å². The van der Waals surface area contributed by atoms with Crippen molar-refractivity contribution in [1.82, 2.24) is 4.90 Å². The lowest BCUT2D eigenvalue weighted by atomic mass is 10.0. The van der Waals surface area contributed by atoms with Gasteiger partial charge in [0.05, 0.1) is 19.8 Å². The van der Waals surface area contributed by atoms with Crippen molar-refractivity contribution in [2.24, 2.45) is 0 Å². The summed E-state index contributed by atoms with van der Waals surface area (Å²) in [6.45, 7) is 2.52. The zero-order valence-electron chi connectivity index (χ0n) is 37.8. The first-order valence-electron chi connectivity index (χ1n) is 24.0. The Hall–Kier alpha value is -3.01. The Morgan fingerprint density at radius 1 is 0.458 bits per heavy atom. The second-order valence-electron chi connectivity index (χ2n) is 16.9. The van der Waals surface area contributed by atoms with Crippen LogP contribution in [0.5, 0.6) is 11.5 Å². The zero-order valence-corrected chi connectivity index (χ0v) is 37.8. The Morgan fingerprint density at radius 3 is 1.22 bits per heavy atom. The number of carboxylic acids is 2. The van der Waals surface area contributed by atoms with Crippen molar-refractivity contribution in [3.63, 3.8) is 0 Å². The van der Waals surface area contributed by atoms with Crippen LogP contribution in [0.15, 0.2) is 18.2 Å². The van der Waals surface area contributed by atoms with E-state index in [9.17, 15) is 14.4 Å². The summed E-state index contributed by atoms with van der Waals surface area (Å²) < 4.78 is 23.1. The number of carboxylic acid groups (broad SMARTS) is 2. The molecule has 0 aliphatic rings. The maximum Gasteiger partial charge on any atom is 0.508 e. The molecule has 0 fully saturated rings. The highest BCUT2D eigenvalue weighted by Gasteiger charge is 2.12. The molecule has 0 saturated heterocycles. The molecule has 342 valence electrons. The van der Waals surface area contributed by atoms with Crippen molar-refractivity contribution in [2.45, 2.75) is 218 Å². The highest BCUT2D eigenvalue weighted by molar-refractivity contribution is 5.66. The van der Waals surface area contributed by atoms with Gasteiger partial charge in [0.1, 0.15) is 18.1 Å². The monoisotopic (exact) mass is 834 g/mol. The van der Waals surface area contributed by atoms with E-state index in [1.165, 1.54) is 135 Å². The third kappa shape index (κ3) is 37.7. The second kappa shape index (κ2) is 40.4. The van der Waals surface area contributed by atoms with Crippen molar-refractivity contribution in [3.8, 4) is 11.5 Å². The number of ether oxygens (including phenoxy) is 4. The Bertz CT molecular complexity index is 1140. The maximum atomic E-state index is 12.3. The number of hydrogen-bond acceptors (Lipinski definition) is 8. The van der Waals surface area contributed by atoms with Gasteiger partial charge in [0.15, 0.2) is 0 Å². The fraction of sp³-hybridized carbons (Fsp3) is 0.816. The van der Waals surface area contributed by atoms with Gasteiger partial charge in [-0.2, -0.15) is 0 Å². The number of carbonyl (C=O) groups excluding carboxylic acids is 1. The minimum absolute atomic E-state index is 0.0732. The summed E-state index contributed by atoms with van der Waals surface area (Å²) in [5.41, 5.74) is 0.788. The van der Waals surface area contributed by atoms with Crippen LogP contribution in [0.25, 0.3) is 0 Å². The van der Waals surface area contributed by atoms with Crippen LogP contribution in [0.1, 0.15) is 217 Å². The highest BCUT2D eigenvalue weighted by Crippen LogP contribution is 2.26. The lowest BCUT2D eigenvalue weighted by molar-refractivity contribution is -0.138. The fourth-order valence-electron chi connectivity index (χ4n) is 7.34. The van der Waals surface area contributed by atoms with Gasteiger partial charge in [0.25, 0.3) is 0 Å². The maximum absolute atomic E-state index is 12.3. The fourth-order valence-corrected chi connectivity index (χ4v) is 7.34. The molecule has 1 aromatic carbocycles. The molecule has 1 aromatic rings. The highest BCUT2D eigenvalue weighted by atomic mass is 16.7. The molecular weight excluding hydrogens is 747 g/mol. The molecule has 10 heteroatoms. The van der Waals surface area contributed by atoms with Gasteiger partial charge in [-0.15, -0.1) is 0 Å². The first-order valence-corrected chi connectivity index (χ1v) is 24.0. The van der Waals surface area contributed by atoms with Crippen LogP contribution in [-0.2, 0) is 25.7 Å². The number of nitrogens with zero attached hydrogens (tertiary/aromatic N) is 1. The number of benzene rings is 1. The van der Waals surface area contributed by atoms with E-state index in [1.807, 2.05) is 32.3 Å². The van der Waals surface area contributed by atoms with Crippen molar-refractivity contribution in [3.05, 3.63) is 23.8 Å². The van der Waals surface area contributed by atoms with E-state index >= 15 is 0 Å². The molecule has 0 radical (unpaired) electrons. The molecule has 0 aromatic heterocycles. The third-order valence-corrected chi connectivity index (χ3v) is 10.9. The summed E-state index contributed by atoms with van der Waals surface area (Å²) in [6.07, 6.45) is 36.8. The smallest absolute Gasteiger partial charge is 0.494 e. The summed E-state index contributed by atoms with van der Waals surface area (Å²) in [4.78, 5) is 35.5. The molecule has 0 unspecified atom stereocenters. The molecular formula is C49H87NO9. The van der Waals surface area contributed by atoms with Crippen molar-refractivity contribution < 1.29 is 43.5 Å². The van der Waals surface area contributed by atoms with Crippen LogP contribution >= 0.6 is 0 Å². The van der Waals surface area contributed by atoms with Crippen LogP contribution < -0.4 is 9.47 Å². The molecule has 1 rings (SSSR count). The van der Waals surface area contributed by atoms with Crippen molar-refractivity contribution >= 4 is 18.1 Å². The first-order chi connectivity index (χ1) is 28.8. The zero-order chi connectivity index (χ0) is 42.9. The number of hydrogen-bond donors (Lipinski definition) is 2. The first kappa shape index (κ1) is 54.0. The van der Waals surface area contributed by atoms with E-state index in [4.69, 9.17) is 29.2 Å². The van der Waals surface area contributed by atoms with Crippen molar-refractivity contribution in [1.29, 1.82) is 0 Å². The van der Waals surface area contributed by atoms with Gasteiger partial charge >= 0.3 is 18.1 Å². The quantitative estimate of drug-likeness (QED) is 0.0484. The van der Waals surface area contributed by atoms with Crippen LogP contribution in [0.2, 0.25) is 0 Å². The number of unbranched alkanes of at least 4 members (excludes halogenated alkanes) is 28. The molecule has 59 heavy (non-hydrogen) atoms. The standard InChI is InChI=1S/C49H87NO9/c1-50(2)38-33-41-58-49(55)59-43-44-42-45(56-39-31-27-23-19-15-11-7-3-5-9-13-17-21-25-29-34-47(51)52)36-37-46(44)57-40-32-28-24-20-16-12-8-4-6-10-14-18-22-26-30-35-48(53)54/h36-37,42H,3-35,38-41,43H2,1-2H3,(H,51,52)(H,53,54). The third-order valence-electron chi connectivity index (χ3n) is 10.9. The predicted octanol–water partition coefficient (Wildman–Crippen LogP) is 13.7. The Kier molecular flexibility index (Phi) is 37.0. The Labute approximate surface area is 359 Å². The van der Waals surface area contributed by atoms with Gasteiger partial charge in [-0.3, -0.25) is 9.59 Å². The normalized spacial score (nSPS) is 11.2. The summed E-state index contributed by atoms with van der Waals surface area (Å²) in [5, 5.41) is 17.4. The largest absolute Gasteiger partial charge is 0.508 e. The lowest BCUT2D eigenvalue weighted by Gasteiger charge is -2.15. The van der Waals surface area contributed by atoms with Gasteiger partial charge in [0.2, 0.25) is 0 Å². The van der Waals surface area contributed by atoms with E-state index < -0.39 is 18.1 Å². The van der Waals surface area contributed by atoms with Gasteiger partial charge in [-0.1, -0.05) is 167 Å². The van der Waals surface area contributed by atoms with Crippen LogP contribution in [-0.4, -0.2) is 73.7 Å². The van der Waals surface area contributed by atoms with E-state index in [0.717, 1.165) is 87.8 Å². The average Bonchev–Trinajstić information content (AvgIpc) is 3.20. The topological polar surface area (TPSA) is 132 Å². The summed E-state index contributed by atoms with van der Waals surface area (Å²) in [5.74, 6) is 0.128. The van der Waals surface area contributed by atoms with Gasteiger partial charge in [-0.05, 0) is 64.4 Å². The minimum atomic E-state index is -0.679. The molecule has 0 bridgehead atoms. The molecule has 2 N–H and O–H groups in total. The van der Waals surface area contributed by atoms with Gasteiger partial charge < -0.3 is 34.1 Å². The molecule has 0 spiro atoms. The number of rotatable bonds is 44. The van der Waals surface area contributed by atoms with Gasteiger partial charge in [0, 0.05) is 24.9 Å². The molecule has 0 aliphatic heterocycles.